The van der Waals surface area contributed by atoms with Crippen LogP contribution in [0, 0.1) is 0 Å². The number of aromatic nitrogens is 3. The third kappa shape index (κ3) is 10.2. The molecular formula is C29H38N8O12S2. The number of carbonyl (C=O) groups is 3. The van der Waals surface area contributed by atoms with E-state index in [0.717, 1.165) is 28.9 Å². The third-order valence-corrected chi connectivity index (χ3v) is 8.59. The predicted octanol–water partition coefficient (Wildman–Crippen LogP) is -1.90. The smallest absolute Gasteiger partial charge is 0.351 e. The van der Waals surface area contributed by atoms with Crippen LogP contribution in [-0.2, 0) is 47.5 Å². The van der Waals surface area contributed by atoms with Crippen LogP contribution in [0.1, 0.15) is 26.0 Å². The van der Waals surface area contributed by atoms with Gasteiger partial charge in [0.2, 0.25) is 16.6 Å². The molecule has 1 fully saturated rings. The Bertz CT molecular complexity index is 1840. The number of nitrogens with zero attached hydrogens (tertiary/aromatic N) is 5. The van der Waals surface area contributed by atoms with E-state index in [4.69, 9.17) is 20.4 Å². The van der Waals surface area contributed by atoms with E-state index in [1.165, 1.54) is 19.2 Å². The number of aliphatic carboxylic acids is 1. The van der Waals surface area contributed by atoms with Gasteiger partial charge in [-0.1, -0.05) is 17.3 Å². The first-order valence-electron chi connectivity index (χ1n) is 15.3. The number of aryl methyl sites for hydroxylation is 2. The highest BCUT2D eigenvalue weighted by molar-refractivity contribution is 7.80. The van der Waals surface area contributed by atoms with E-state index in [1.54, 1.807) is 24.3 Å². The molecule has 1 aliphatic heterocycles. The molecule has 3 aromatic rings. The van der Waals surface area contributed by atoms with Gasteiger partial charge in [-0.25, -0.2) is 18.2 Å². The molecule has 7 N–H and O–H groups in total. The van der Waals surface area contributed by atoms with Crippen LogP contribution in [-0.4, -0.2) is 117 Å². The van der Waals surface area contributed by atoms with Crippen molar-refractivity contribution in [1.82, 2.24) is 25.4 Å². The van der Waals surface area contributed by atoms with Gasteiger partial charge in [-0.05, 0) is 44.5 Å². The zero-order chi connectivity index (χ0) is 37.5. The van der Waals surface area contributed by atoms with Gasteiger partial charge in [0.25, 0.3) is 17.9 Å². The number of aliphatic hydroxyl groups is 2. The van der Waals surface area contributed by atoms with Crippen molar-refractivity contribution in [3.05, 3.63) is 47.7 Å². The average Bonchev–Trinajstić information content (AvgIpc) is 3.67. The van der Waals surface area contributed by atoms with Crippen LogP contribution in [0.4, 0.5) is 5.13 Å². The highest BCUT2D eigenvalue weighted by Gasteiger charge is 2.57. The monoisotopic (exact) mass is 754 g/mol. The number of carboxylic acids is 1. The van der Waals surface area contributed by atoms with Crippen LogP contribution < -0.4 is 25.8 Å². The number of β-lactam (4-membered cyclic amide) rings is 1. The van der Waals surface area contributed by atoms with E-state index >= 15 is 0 Å². The fourth-order valence-corrected chi connectivity index (χ4v) is 5.82. The predicted molar refractivity (Wildman–Crippen MR) is 176 cm³/mol. The minimum absolute atomic E-state index is 0.0433. The molecule has 1 aromatic carbocycles. The quantitative estimate of drug-likeness (QED) is 0.0148. The summed E-state index contributed by atoms with van der Waals surface area (Å²) >= 11 is 0.945. The number of nitrogens with two attached hydrogens (primary N) is 1. The summed E-state index contributed by atoms with van der Waals surface area (Å²) in [7, 11) is -3.38. The minimum Gasteiger partial charge on any atom is -0.724 e. The molecule has 20 nitrogen and oxygen atoms in total. The molecule has 0 aliphatic carbocycles. The summed E-state index contributed by atoms with van der Waals surface area (Å²) in [6, 6.07) is 5.50. The van der Waals surface area contributed by atoms with Gasteiger partial charge in [-0.2, -0.15) is 14.0 Å². The lowest BCUT2D eigenvalue weighted by atomic mass is 9.84. The van der Waals surface area contributed by atoms with Gasteiger partial charge >= 0.3 is 5.97 Å². The van der Waals surface area contributed by atoms with Crippen LogP contribution in [0.5, 0.6) is 5.75 Å². The van der Waals surface area contributed by atoms with E-state index in [-0.39, 0.29) is 17.4 Å². The molecule has 278 valence electrons. The number of nitrogen functional groups attached to an aromatic ring is 1. The van der Waals surface area contributed by atoms with E-state index < -0.39 is 64.3 Å². The molecule has 4 rings (SSSR count). The highest BCUT2D eigenvalue weighted by atomic mass is 32.3. The Kier molecular flexibility index (Phi) is 12.7. The van der Waals surface area contributed by atoms with E-state index in [9.17, 15) is 37.6 Å². The van der Waals surface area contributed by atoms with E-state index in [1.807, 2.05) is 28.8 Å². The van der Waals surface area contributed by atoms with Crippen LogP contribution >= 0.6 is 11.3 Å². The SMILES string of the molecule is C[n+]1cc(-c2ccc(OC[C@H](O/N=C(/C(=O)NC3C(=O)N(OS(=O)(=O)[O-])C3(C)C)c3csc(N)n3)C(=O)O)cc2)cn1CCCNCC(O)CO. The first-order valence-corrected chi connectivity index (χ1v) is 17.5. The van der Waals surface area contributed by atoms with E-state index in [0.29, 0.717) is 30.4 Å². The number of aliphatic hydroxyl groups excluding tert-OH is 2. The molecule has 1 aliphatic rings. The maximum atomic E-state index is 13.2. The number of benzene rings is 1. The first kappa shape index (κ1) is 39.1. The van der Waals surface area contributed by atoms with Crippen molar-refractivity contribution in [2.24, 2.45) is 12.2 Å². The standard InChI is InChI=1S/C29H38N8O12S2/c1-29(2)24(26(41)37(29)49-51(44,45)46)33-25(40)23(21-16-50-28(30)32-21)34-48-22(27(42)43)15-47-20-7-5-17(6-8-20)18-12-35(3)36(13-18)10-4-9-31-11-19(39)14-38/h5-8,12-13,16,19,22,24,31,38-39H,4,9-11,14-15H2,1-3H3,(H4-,30,32,33,40,42,43,44,45,46)/b34-23+/t19?,22-,24?/m0/s1. The summed E-state index contributed by atoms with van der Waals surface area (Å²) < 4.78 is 46.8. The Hall–Kier alpha value is -4.71. The van der Waals surface area contributed by atoms with Crippen molar-refractivity contribution in [2.75, 3.05) is 32.0 Å². The molecule has 3 atom stereocenters. The molecule has 22 heteroatoms. The second kappa shape index (κ2) is 16.5. The molecule has 0 saturated carbocycles. The number of hydrogen-bond acceptors (Lipinski definition) is 16. The highest BCUT2D eigenvalue weighted by Crippen LogP contribution is 2.33. The largest absolute Gasteiger partial charge is 0.724 e. The van der Waals surface area contributed by atoms with Gasteiger partial charge < -0.3 is 45.8 Å². The number of thiazole rings is 1. The molecule has 2 unspecified atom stereocenters. The second-order valence-electron chi connectivity index (χ2n) is 11.8. The zero-order valence-corrected chi connectivity index (χ0v) is 29.3. The number of rotatable bonds is 19. The summed E-state index contributed by atoms with van der Waals surface area (Å²) in [6.07, 6.45) is 2.20. The molecular weight excluding hydrogens is 716 g/mol. The summed E-state index contributed by atoms with van der Waals surface area (Å²) in [5.74, 6) is -3.24. The number of hydrogen-bond donors (Lipinski definition) is 6. The lowest BCUT2D eigenvalue weighted by molar-refractivity contribution is -0.753. The molecule has 0 radical (unpaired) electrons. The number of carboxylic acid groups (broad SMARTS) is 1. The summed E-state index contributed by atoms with van der Waals surface area (Å²) in [6.45, 7) is 3.51. The van der Waals surface area contributed by atoms with Crippen LogP contribution in [0.25, 0.3) is 11.1 Å². The normalized spacial score (nSPS) is 17.1. The molecule has 51 heavy (non-hydrogen) atoms. The maximum absolute atomic E-state index is 13.2. The van der Waals surface area contributed by atoms with Gasteiger partial charge in [0, 0.05) is 11.9 Å². The third-order valence-electron chi connectivity index (χ3n) is 7.58. The van der Waals surface area contributed by atoms with Crippen molar-refractivity contribution in [3.63, 3.8) is 0 Å². The van der Waals surface area contributed by atoms with Crippen molar-refractivity contribution in [3.8, 4) is 16.9 Å². The van der Waals surface area contributed by atoms with Crippen LogP contribution in [0.15, 0.2) is 47.2 Å². The van der Waals surface area contributed by atoms with Gasteiger partial charge in [-0.15, -0.1) is 16.0 Å². The number of carbonyl (C=O) groups excluding carboxylic acids is 2. The number of ether oxygens (including phenoxy) is 1. The molecule has 2 aromatic heterocycles. The fraction of sp³-hybridized carbons (Fsp3) is 0.448. The number of oxime groups is 1. The molecule has 0 spiro atoms. The average molecular weight is 755 g/mol. The van der Waals surface area contributed by atoms with Gasteiger partial charge in [0.1, 0.15) is 24.1 Å². The maximum Gasteiger partial charge on any atom is 0.351 e. The number of amides is 2. The lowest BCUT2D eigenvalue weighted by Crippen LogP contribution is -2.76. The summed E-state index contributed by atoms with van der Waals surface area (Å²) in [4.78, 5) is 46.9. The Balaban J connectivity index is 1.38. The Morgan fingerprint density at radius 1 is 1.25 bits per heavy atom. The number of anilines is 1. The second-order valence-corrected chi connectivity index (χ2v) is 13.7. The molecule has 3 heterocycles. The van der Waals surface area contributed by atoms with Crippen LogP contribution in [0.3, 0.4) is 0 Å². The van der Waals surface area contributed by atoms with Crippen molar-refractivity contribution in [1.29, 1.82) is 0 Å². The zero-order valence-electron chi connectivity index (χ0n) is 27.7. The topological polar surface area (TPSA) is 284 Å². The lowest BCUT2D eigenvalue weighted by Gasteiger charge is -2.51. The number of hydroxylamine groups is 2. The molecule has 2 amide bonds. The summed E-state index contributed by atoms with van der Waals surface area (Å²) in [5.41, 5.74) is 5.36. The van der Waals surface area contributed by atoms with Crippen molar-refractivity contribution < 1.29 is 61.2 Å². The number of nitrogens with one attached hydrogen (secondary N) is 2. The van der Waals surface area contributed by atoms with Gasteiger partial charge in [0.15, 0.2) is 17.9 Å². The minimum atomic E-state index is -5.28. The molecule has 0 bridgehead atoms. The Morgan fingerprint density at radius 3 is 2.55 bits per heavy atom. The Labute approximate surface area is 295 Å². The first-order chi connectivity index (χ1) is 24.0. The van der Waals surface area contributed by atoms with Crippen molar-refractivity contribution >= 4 is 50.4 Å². The Morgan fingerprint density at radius 2 is 1.96 bits per heavy atom. The van der Waals surface area contributed by atoms with Crippen LogP contribution in [0.2, 0.25) is 0 Å². The van der Waals surface area contributed by atoms with Gasteiger partial charge in [-0.3, -0.25) is 9.59 Å². The van der Waals surface area contributed by atoms with Crippen molar-refractivity contribution in [2.45, 2.75) is 50.6 Å². The van der Waals surface area contributed by atoms with E-state index in [2.05, 4.69) is 25.1 Å². The fourth-order valence-electron chi connectivity index (χ4n) is 4.83. The molecule has 1 saturated heterocycles. The van der Waals surface area contributed by atoms with Gasteiger partial charge in [0.05, 0.1) is 36.6 Å². The summed E-state index contributed by atoms with van der Waals surface area (Å²) in [5, 5.41) is 38.9.